The maximum atomic E-state index is 10.7. The summed E-state index contributed by atoms with van der Waals surface area (Å²) in [5.74, 6) is 1.43. The molecule has 0 aliphatic rings. The van der Waals surface area contributed by atoms with Gasteiger partial charge in [-0.3, -0.25) is 4.40 Å². The molecule has 5 nitrogen and oxygen atoms in total. The van der Waals surface area contributed by atoms with Gasteiger partial charge < -0.3 is 10.4 Å². The van der Waals surface area contributed by atoms with Crippen LogP contribution < -0.4 is 5.32 Å². The quantitative estimate of drug-likeness (QED) is 0.420. The Hall–Kier alpha value is -3.57. The molecular formula is C22H15ClN4O. The van der Waals surface area contributed by atoms with Gasteiger partial charge in [-0.05, 0) is 47.2 Å². The number of rotatable bonds is 3. The number of aromatic nitrogens is 3. The topological polar surface area (TPSA) is 62.5 Å². The van der Waals surface area contributed by atoms with Crippen LogP contribution in [0.1, 0.15) is 0 Å². The minimum atomic E-state index is 0.168. The molecule has 0 spiro atoms. The molecule has 136 valence electrons. The lowest BCUT2D eigenvalue weighted by molar-refractivity contribution is 0.478. The number of aromatic hydroxyl groups is 1. The SMILES string of the molecule is Oc1ccc2ccccc2c1-c1nc2ncccn2c1Nc1ccc(Cl)cc1. The lowest BCUT2D eigenvalue weighted by Crippen LogP contribution is -1.97. The number of imidazole rings is 1. The summed E-state index contributed by atoms with van der Waals surface area (Å²) in [6.07, 6.45) is 3.58. The second-order valence-corrected chi connectivity index (χ2v) is 6.85. The second kappa shape index (κ2) is 6.55. The van der Waals surface area contributed by atoms with Crippen molar-refractivity contribution in [1.82, 2.24) is 14.4 Å². The molecule has 0 saturated heterocycles. The largest absolute Gasteiger partial charge is 0.507 e. The smallest absolute Gasteiger partial charge is 0.235 e. The van der Waals surface area contributed by atoms with Gasteiger partial charge in [-0.25, -0.2) is 9.97 Å². The molecule has 0 unspecified atom stereocenters. The number of phenols is 1. The third-order valence-electron chi connectivity index (χ3n) is 4.65. The number of hydrogen-bond acceptors (Lipinski definition) is 4. The lowest BCUT2D eigenvalue weighted by atomic mass is 10.0. The molecule has 2 N–H and O–H groups in total. The Kier molecular flexibility index (Phi) is 3.88. The van der Waals surface area contributed by atoms with E-state index in [9.17, 15) is 5.11 Å². The Morgan fingerprint density at radius 3 is 2.61 bits per heavy atom. The highest BCUT2D eigenvalue weighted by molar-refractivity contribution is 6.30. The molecule has 0 radical (unpaired) electrons. The van der Waals surface area contributed by atoms with Gasteiger partial charge in [0.15, 0.2) is 0 Å². The standard InChI is InChI=1S/C22H15ClN4O/c23-15-7-9-16(10-8-15)25-21-20(26-22-24-12-3-13-27(21)22)19-17-5-2-1-4-14(17)6-11-18(19)28/h1-13,25,28H. The third-order valence-corrected chi connectivity index (χ3v) is 4.91. The van der Waals surface area contributed by atoms with E-state index in [1.54, 1.807) is 12.3 Å². The Bertz CT molecular complexity index is 1310. The number of phenolic OH excluding ortho intramolecular Hbond substituents is 1. The van der Waals surface area contributed by atoms with Gasteiger partial charge in [0.25, 0.3) is 0 Å². The predicted octanol–water partition coefficient (Wildman–Crippen LogP) is 5.65. The van der Waals surface area contributed by atoms with Crippen molar-refractivity contribution >= 4 is 39.7 Å². The Morgan fingerprint density at radius 2 is 1.75 bits per heavy atom. The second-order valence-electron chi connectivity index (χ2n) is 6.41. The number of nitrogens with one attached hydrogen (secondary N) is 1. The molecule has 2 aromatic heterocycles. The van der Waals surface area contributed by atoms with E-state index in [0.29, 0.717) is 22.1 Å². The van der Waals surface area contributed by atoms with E-state index in [1.165, 1.54) is 0 Å². The first-order chi connectivity index (χ1) is 13.7. The summed E-state index contributed by atoms with van der Waals surface area (Å²) in [6, 6.07) is 20.8. The van der Waals surface area contributed by atoms with Gasteiger partial charge in [-0.2, -0.15) is 0 Å². The van der Waals surface area contributed by atoms with Crippen molar-refractivity contribution in [1.29, 1.82) is 0 Å². The van der Waals surface area contributed by atoms with Crippen LogP contribution in [0.25, 0.3) is 27.8 Å². The summed E-state index contributed by atoms with van der Waals surface area (Å²) in [5, 5.41) is 16.7. The van der Waals surface area contributed by atoms with Crippen LogP contribution in [0.4, 0.5) is 11.5 Å². The van der Waals surface area contributed by atoms with Crippen LogP contribution in [0.15, 0.2) is 79.1 Å². The first-order valence-corrected chi connectivity index (χ1v) is 9.15. The lowest BCUT2D eigenvalue weighted by Gasteiger charge is -2.12. The summed E-state index contributed by atoms with van der Waals surface area (Å²) < 4.78 is 1.87. The van der Waals surface area contributed by atoms with Crippen molar-refractivity contribution in [2.45, 2.75) is 0 Å². The van der Waals surface area contributed by atoms with Gasteiger partial charge in [0.1, 0.15) is 17.3 Å². The zero-order valence-electron chi connectivity index (χ0n) is 14.7. The van der Waals surface area contributed by atoms with E-state index in [-0.39, 0.29) is 5.75 Å². The van der Waals surface area contributed by atoms with Crippen LogP contribution in [-0.4, -0.2) is 19.5 Å². The minimum Gasteiger partial charge on any atom is -0.507 e. The molecule has 0 atom stereocenters. The van der Waals surface area contributed by atoms with Gasteiger partial charge in [0, 0.05) is 23.1 Å². The summed E-state index contributed by atoms with van der Waals surface area (Å²) in [5.41, 5.74) is 2.15. The zero-order chi connectivity index (χ0) is 19.1. The summed E-state index contributed by atoms with van der Waals surface area (Å²) in [6.45, 7) is 0. The average Bonchev–Trinajstić information content (AvgIpc) is 3.07. The van der Waals surface area contributed by atoms with Crippen molar-refractivity contribution in [2.24, 2.45) is 0 Å². The zero-order valence-corrected chi connectivity index (χ0v) is 15.4. The maximum Gasteiger partial charge on any atom is 0.235 e. The fourth-order valence-corrected chi connectivity index (χ4v) is 3.49. The maximum absolute atomic E-state index is 10.7. The van der Waals surface area contributed by atoms with E-state index < -0.39 is 0 Å². The molecule has 5 aromatic rings. The Labute approximate surface area is 165 Å². The first kappa shape index (κ1) is 16.6. The Morgan fingerprint density at radius 1 is 0.929 bits per heavy atom. The third kappa shape index (κ3) is 2.73. The summed E-state index contributed by atoms with van der Waals surface area (Å²) >= 11 is 6.01. The van der Waals surface area contributed by atoms with Crippen LogP contribution in [0.3, 0.4) is 0 Å². The van der Waals surface area contributed by atoms with E-state index >= 15 is 0 Å². The van der Waals surface area contributed by atoms with Gasteiger partial charge in [0.05, 0.1) is 5.56 Å². The van der Waals surface area contributed by atoms with Crippen molar-refractivity contribution in [3.8, 4) is 17.0 Å². The van der Waals surface area contributed by atoms with E-state index in [4.69, 9.17) is 16.6 Å². The molecule has 28 heavy (non-hydrogen) atoms. The molecule has 0 amide bonds. The van der Waals surface area contributed by atoms with Crippen LogP contribution in [0, 0.1) is 0 Å². The van der Waals surface area contributed by atoms with Gasteiger partial charge in [-0.15, -0.1) is 0 Å². The molecule has 0 fully saturated rings. The van der Waals surface area contributed by atoms with E-state index in [2.05, 4.69) is 10.3 Å². The molecule has 6 heteroatoms. The molecule has 3 aromatic carbocycles. The Balaban J connectivity index is 1.79. The van der Waals surface area contributed by atoms with Crippen LogP contribution in [0.5, 0.6) is 5.75 Å². The molecule has 5 rings (SSSR count). The summed E-state index contributed by atoms with van der Waals surface area (Å²) in [7, 11) is 0. The predicted molar refractivity (Wildman–Crippen MR) is 112 cm³/mol. The molecule has 0 saturated carbocycles. The monoisotopic (exact) mass is 386 g/mol. The van der Waals surface area contributed by atoms with Crippen molar-refractivity contribution in [3.05, 3.63) is 84.1 Å². The molecule has 0 aliphatic carbocycles. The van der Waals surface area contributed by atoms with E-state index in [0.717, 1.165) is 22.3 Å². The number of hydrogen-bond donors (Lipinski definition) is 2. The highest BCUT2D eigenvalue weighted by Crippen LogP contribution is 2.40. The fraction of sp³-hybridized carbons (Fsp3) is 0. The van der Waals surface area contributed by atoms with Gasteiger partial charge >= 0.3 is 0 Å². The van der Waals surface area contributed by atoms with Crippen molar-refractivity contribution in [2.75, 3.05) is 5.32 Å². The fourth-order valence-electron chi connectivity index (χ4n) is 3.36. The number of nitrogens with zero attached hydrogens (tertiary/aromatic N) is 3. The highest BCUT2D eigenvalue weighted by Gasteiger charge is 2.20. The molecule has 0 aliphatic heterocycles. The van der Waals surface area contributed by atoms with Crippen LogP contribution in [-0.2, 0) is 0 Å². The molecule has 0 bridgehead atoms. The van der Waals surface area contributed by atoms with Gasteiger partial charge in [-0.1, -0.05) is 41.9 Å². The molecular weight excluding hydrogens is 372 g/mol. The molecule has 2 heterocycles. The first-order valence-electron chi connectivity index (χ1n) is 8.77. The minimum absolute atomic E-state index is 0.168. The number of fused-ring (bicyclic) bond motifs is 2. The number of anilines is 2. The summed E-state index contributed by atoms with van der Waals surface area (Å²) in [4.78, 5) is 9.07. The van der Waals surface area contributed by atoms with Crippen LogP contribution >= 0.6 is 11.6 Å². The number of halogens is 1. The highest BCUT2D eigenvalue weighted by atomic mass is 35.5. The van der Waals surface area contributed by atoms with E-state index in [1.807, 2.05) is 71.3 Å². The van der Waals surface area contributed by atoms with Crippen molar-refractivity contribution < 1.29 is 5.11 Å². The number of benzene rings is 3. The average molecular weight is 387 g/mol. The van der Waals surface area contributed by atoms with Crippen LogP contribution in [0.2, 0.25) is 5.02 Å². The van der Waals surface area contributed by atoms with Gasteiger partial charge in [0.2, 0.25) is 5.78 Å². The normalized spacial score (nSPS) is 11.2. The van der Waals surface area contributed by atoms with Crippen molar-refractivity contribution in [3.63, 3.8) is 0 Å².